The molecule has 1 fully saturated rings. The minimum absolute atomic E-state index is 0.242. The molecular weight excluding hydrogens is 417 g/mol. The van der Waals surface area contributed by atoms with Crippen LogP contribution in [0.1, 0.15) is 23.2 Å². The van der Waals surface area contributed by atoms with Crippen LogP contribution in [0.15, 0.2) is 61.1 Å². The minimum Gasteiger partial charge on any atom is -0.384 e. The van der Waals surface area contributed by atoms with Crippen LogP contribution >= 0.6 is 11.6 Å². The van der Waals surface area contributed by atoms with E-state index in [0.29, 0.717) is 22.4 Å². The molecule has 0 radical (unpaired) electrons. The van der Waals surface area contributed by atoms with E-state index >= 15 is 0 Å². The number of nitrogens with zero attached hydrogens (tertiary/aromatic N) is 3. The Morgan fingerprint density at radius 1 is 1.13 bits per heavy atom. The molecule has 1 aliphatic heterocycles. The first-order chi connectivity index (χ1) is 15.1. The van der Waals surface area contributed by atoms with Crippen molar-refractivity contribution in [1.29, 1.82) is 0 Å². The first kappa shape index (κ1) is 21.1. The minimum atomic E-state index is -0.467. The predicted molar refractivity (Wildman–Crippen MR) is 121 cm³/mol. The van der Waals surface area contributed by atoms with E-state index in [2.05, 4.69) is 25.5 Å². The number of benzene rings is 1. The number of rotatable bonds is 6. The van der Waals surface area contributed by atoms with Crippen LogP contribution in [-0.2, 0) is 0 Å². The average molecular weight is 440 g/mol. The molecular formula is C23H23ClFN5O. The standard InChI is InChI=1S/C23H23ClFN5O/c24-17-1-4-22(28-15-17)29-23(31)20-13-18(25)2-3-21(20)27-14-16-7-11-30(12-8-16)19-5-9-26-10-6-19/h1-6,9-10,13,15-16,27H,7-8,11-12,14H2,(H,28,29,31). The van der Waals surface area contributed by atoms with Gasteiger partial charge in [0.15, 0.2) is 0 Å². The van der Waals surface area contributed by atoms with E-state index in [1.165, 1.54) is 24.0 Å². The third kappa shape index (κ3) is 5.49. The number of pyridine rings is 2. The van der Waals surface area contributed by atoms with Gasteiger partial charge in [0.1, 0.15) is 11.6 Å². The second-order valence-corrected chi connectivity index (χ2v) is 7.96. The van der Waals surface area contributed by atoms with E-state index < -0.39 is 11.7 Å². The number of anilines is 3. The molecule has 8 heteroatoms. The second-order valence-electron chi connectivity index (χ2n) is 7.52. The molecule has 0 atom stereocenters. The van der Waals surface area contributed by atoms with Crippen molar-refractivity contribution in [3.63, 3.8) is 0 Å². The zero-order valence-electron chi connectivity index (χ0n) is 16.9. The topological polar surface area (TPSA) is 70.2 Å². The van der Waals surface area contributed by atoms with Gasteiger partial charge in [-0.2, -0.15) is 0 Å². The molecule has 0 bridgehead atoms. The highest BCUT2D eigenvalue weighted by Crippen LogP contribution is 2.25. The fraction of sp³-hybridized carbons (Fsp3) is 0.261. The summed E-state index contributed by atoms with van der Waals surface area (Å²) in [5, 5.41) is 6.50. The number of amides is 1. The van der Waals surface area contributed by atoms with Crippen LogP contribution in [0.3, 0.4) is 0 Å². The largest absolute Gasteiger partial charge is 0.384 e. The third-order valence-electron chi connectivity index (χ3n) is 5.42. The lowest BCUT2D eigenvalue weighted by molar-refractivity contribution is 0.102. The van der Waals surface area contributed by atoms with Crippen molar-refractivity contribution in [2.45, 2.75) is 12.8 Å². The van der Waals surface area contributed by atoms with Gasteiger partial charge in [-0.05, 0) is 61.2 Å². The Kier molecular flexibility index (Phi) is 6.62. The van der Waals surface area contributed by atoms with E-state index in [-0.39, 0.29) is 5.56 Å². The van der Waals surface area contributed by atoms with Crippen LogP contribution in [0.2, 0.25) is 5.02 Å². The molecule has 2 N–H and O–H groups in total. The normalized spacial score (nSPS) is 14.3. The van der Waals surface area contributed by atoms with Crippen molar-refractivity contribution >= 4 is 34.7 Å². The highest BCUT2D eigenvalue weighted by Gasteiger charge is 2.20. The van der Waals surface area contributed by atoms with Gasteiger partial charge in [0, 0.05) is 49.6 Å². The number of hydrogen-bond donors (Lipinski definition) is 2. The van der Waals surface area contributed by atoms with Gasteiger partial charge in [0.2, 0.25) is 0 Å². The number of halogens is 2. The van der Waals surface area contributed by atoms with Crippen LogP contribution < -0.4 is 15.5 Å². The Balaban J connectivity index is 1.37. The number of nitrogens with one attached hydrogen (secondary N) is 2. The molecule has 1 aromatic carbocycles. The molecule has 1 aliphatic rings. The number of piperidine rings is 1. The smallest absolute Gasteiger partial charge is 0.259 e. The molecule has 3 aromatic rings. The number of hydrogen-bond acceptors (Lipinski definition) is 5. The van der Waals surface area contributed by atoms with E-state index in [4.69, 9.17) is 11.6 Å². The van der Waals surface area contributed by atoms with E-state index in [9.17, 15) is 9.18 Å². The van der Waals surface area contributed by atoms with Gasteiger partial charge >= 0.3 is 0 Å². The summed E-state index contributed by atoms with van der Waals surface area (Å²) in [6, 6.07) is 11.5. The fourth-order valence-corrected chi connectivity index (χ4v) is 3.81. The summed E-state index contributed by atoms with van der Waals surface area (Å²) < 4.78 is 13.8. The Hall–Kier alpha value is -3.19. The van der Waals surface area contributed by atoms with Crippen LogP contribution in [-0.4, -0.2) is 35.5 Å². The van der Waals surface area contributed by atoms with Crippen LogP contribution in [0.5, 0.6) is 0 Å². The van der Waals surface area contributed by atoms with Gasteiger partial charge in [0.25, 0.3) is 5.91 Å². The summed E-state index contributed by atoms with van der Waals surface area (Å²) in [4.78, 5) is 23.2. The van der Waals surface area contributed by atoms with Crippen LogP contribution in [0.4, 0.5) is 21.6 Å². The Morgan fingerprint density at radius 3 is 2.61 bits per heavy atom. The number of carbonyl (C=O) groups excluding carboxylic acids is 1. The first-order valence-corrected chi connectivity index (χ1v) is 10.6. The lowest BCUT2D eigenvalue weighted by Crippen LogP contribution is -2.36. The maximum absolute atomic E-state index is 13.8. The summed E-state index contributed by atoms with van der Waals surface area (Å²) >= 11 is 5.83. The van der Waals surface area contributed by atoms with Gasteiger partial charge in [-0.3, -0.25) is 9.78 Å². The number of aromatic nitrogens is 2. The average Bonchev–Trinajstić information content (AvgIpc) is 2.80. The van der Waals surface area contributed by atoms with E-state index in [0.717, 1.165) is 32.5 Å². The van der Waals surface area contributed by atoms with Gasteiger partial charge in [-0.15, -0.1) is 0 Å². The molecule has 6 nitrogen and oxygen atoms in total. The summed E-state index contributed by atoms with van der Waals surface area (Å²) in [5.41, 5.74) is 2.03. The molecule has 2 aromatic heterocycles. The zero-order valence-corrected chi connectivity index (χ0v) is 17.6. The maximum Gasteiger partial charge on any atom is 0.259 e. The van der Waals surface area contributed by atoms with E-state index in [1.54, 1.807) is 18.2 Å². The molecule has 160 valence electrons. The van der Waals surface area contributed by atoms with Crippen molar-refractivity contribution in [1.82, 2.24) is 9.97 Å². The zero-order chi connectivity index (χ0) is 21.6. The van der Waals surface area contributed by atoms with Crippen LogP contribution in [0.25, 0.3) is 0 Å². The molecule has 3 heterocycles. The van der Waals surface area contributed by atoms with Crippen molar-refractivity contribution in [2.75, 3.05) is 35.2 Å². The molecule has 0 spiro atoms. The second kappa shape index (κ2) is 9.75. The molecule has 1 amide bonds. The van der Waals surface area contributed by atoms with Crippen molar-refractivity contribution in [3.05, 3.63) is 77.5 Å². The highest BCUT2D eigenvalue weighted by molar-refractivity contribution is 6.30. The summed E-state index contributed by atoms with van der Waals surface area (Å²) in [7, 11) is 0. The third-order valence-corrected chi connectivity index (χ3v) is 5.64. The maximum atomic E-state index is 13.8. The fourth-order valence-electron chi connectivity index (χ4n) is 3.70. The van der Waals surface area contributed by atoms with E-state index in [1.807, 2.05) is 24.5 Å². The summed E-state index contributed by atoms with van der Waals surface area (Å²) in [6.45, 7) is 2.65. The number of carbonyl (C=O) groups is 1. The van der Waals surface area contributed by atoms with Gasteiger partial charge < -0.3 is 15.5 Å². The summed E-state index contributed by atoms with van der Waals surface area (Å²) in [5.74, 6) is -0.0696. The Labute approximate surface area is 185 Å². The SMILES string of the molecule is O=C(Nc1ccc(Cl)cn1)c1cc(F)ccc1NCC1CCN(c2ccncc2)CC1. The van der Waals surface area contributed by atoms with Gasteiger partial charge in [0.05, 0.1) is 10.6 Å². The quantitative estimate of drug-likeness (QED) is 0.574. The highest BCUT2D eigenvalue weighted by atomic mass is 35.5. The molecule has 0 unspecified atom stereocenters. The van der Waals surface area contributed by atoms with Gasteiger partial charge in [-0.25, -0.2) is 9.37 Å². The molecule has 0 aliphatic carbocycles. The summed E-state index contributed by atoms with van der Waals surface area (Å²) in [6.07, 6.45) is 7.13. The Morgan fingerprint density at radius 2 is 1.90 bits per heavy atom. The molecule has 1 saturated heterocycles. The molecule has 31 heavy (non-hydrogen) atoms. The first-order valence-electron chi connectivity index (χ1n) is 10.2. The monoisotopic (exact) mass is 439 g/mol. The van der Waals surface area contributed by atoms with Crippen molar-refractivity contribution in [3.8, 4) is 0 Å². The van der Waals surface area contributed by atoms with Gasteiger partial charge in [-0.1, -0.05) is 11.6 Å². The van der Waals surface area contributed by atoms with Crippen LogP contribution in [0, 0.1) is 11.7 Å². The van der Waals surface area contributed by atoms with Crippen molar-refractivity contribution < 1.29 is 9.18 Å². The molecule has 0 saturated carbocycles. The lowest BCUT2D eigenvalue weighted by atomic mass is 9.96. The molecule has 4 rings (SSSR count). The van der Waals surface area contributed by atoms with Crippen molar-refractivity contribution in [2.24, 2.45) is 5.92 Å². The predicted octanol–water partition coefficient (Wildman–Crippen LogP) is 4.85. The Bertz CT molecular complexity index is 1020. The lowest BCUT2D eigenvalue weighted by Gasteiger charge is -2.33.